The van der Waals surface area contributed by atoms with Crippen molar-refractivity contribution in [1.29, 1.82) is 0 Å². The maximum atomic E-state index is 0. The molecule has 2 radical (unpaired) electrons. The van der Waals surface area contributed by atoms with Crippen molar-refractivity contribution in [2.24, 2.45) is 0 Å². The van der Waals surface area contributed by atoms with Gasteiger partial charge in [-0.15, -0.1) is 0 Å². The summed E-state index contributed by atoms with van der Waals surface area (Å²) in [6, 6.07) is 0. The molecular weight excluding hydrogens is 278 g/mol. The fourth-order valence-electron chi connectivity index (χ4n) is 0. The summed E-state index contributed by atoms with van der Waals surface area (Å²) in [7, 11) is 0. The van der Waals surface area contributed by atoms with Crippen molar-refractivity contribution in [1.82, 2.24) is 0 Å². The van der Waals surface area contributed by atoms with Crippen LogP contribution in [0.5, 0.6) is 0 Å². The van der Waals surface area contributed by atoms with E-state index < -0.39 is 0 Å². The van der Waals surface area contributed by atoms with Gasteiger partial charge >= 0.3 is 0 Å². The predicted molar refractivity (Wildman–Crippen MR) is 0 cm³/mol. The summed E-state index contributed by atoms with van der Waals surface area (Å²) >= 11 is 0. The number of rotatable bonds is 0. The summed E-state index contributed by atoms with van der Waals surface area (Å²) in [5.74, 6) is 0. The molecule has 0 aromatic heterocycles. The molecule has 0 unspecified atom stereocenters. The molecule has 0 aliphatic heterocycles. The van der Waals surface area contributed by atoms with E-state index in [9.17, 15) is 0 Å². The van der Waals surface area contributed by atoms with E-state index in [0.29, 0.717) is 0 Å². The van der Waals surface area contributed by atoms with Crippen LogP contribution in [0.1, 0.15) is 0 Å². The minimum Gasteiger partial charge on any atom is 0 e. The second-order valence-electron chi connectivity index (χ2n) is 0. The summed E-state index contributed by atoms with van der Waals surface area (Å²) in [4.78, 5) is 0. The summed E-state index contributed by atoms with van der Waals surface area (Å²) in [6.45, 7) is 0. The van der Waals surface area contributed by atoms with Gasteiger partial charge in [-0.1, -0.05) is 0 Å². The Kier molecular flexibility index (Phi) is 142. The second-order valence-corrected chi connectivity index (χ2v) is 0. The normalized spacial score (nSPS) is 0. The zero-order chi connectivity index (χ0) is 0. The first-order chi connectivity index (χ1) is 0. The quantitative estimate of drug-likeness (QED) is 0.547. The smallest absolute Gasteiger partial charge is 0 e. The standard InChI is InChI=1S/Ag.Cu.Ni.Ti. The zero-order valence-corrected chi connectivity index (χ0v) is 6.39. The van der Waals surface area contributed by atoms with Crippen LogP contribution in [0.15, 0.2) is 0 Å². The van der Waals surface area contributed by atoms with E-state index in [1.54, 1.807) is 0 Å². The fraction of sp³-hybridized carbons (Fsp3) is 0. The van der Waals surface area contributed by atoms with Crippen molar-refractivity contribution in [3.05, 3.63) is 0 Å². The van der Waals surface area contributed by atoms with Crippen LogP contribution in [0.4, 0.5) is 0 Å². The third-order valence-electron chi connectivity index (χ3n) is 0. The van der Waals surface area contributed by atoms with Gasteiger partial charge in [0.1, 0.15) is 0 Å². The molecule has 0 nitrogen and oxygen atoms in total. The van der Waals surface area contributed by atoms with Crippen molar-refractivity contribution < 1.29 is 77.7 Å². The fourth-order valence-corrected chi connectivity index (χ4v) is 0. The second kappa shape index (κ2) is 17.9. The van der Waals surface area contributed by atoms with Gasteiger partial charge in [-0.3, -0.25) is 0 Å². The van der Waals surface area contributed by atoms with Gasteiger partial charge in [-0.05, 0) is 0 Å². The molecule has 0 aromatic rings. The van der Waals surface area contributed by atoms with Crippen molar-refractivity contribution in [3.8, 4) is 0 Å². The summed E-state index contributed by atoms with van der Waals surface area (Å²) in [6.07, 6.45) is 0. The molecule has 0 aliphatic rings. The summed E-state index contributed by atoms with van der Waals surface area (Å²) < 4.78 is 0. The van der Waals surface area contributed by atoms with E-state index in [4.69, 9.17) is 0 Å². The van der Waals surface area contributed by atoms with E-state index in [2.05, 4.69) is 0 Å². The van der Waals surface area contributed by atoms with Gasteiger partial charge in [0.05, 0.1) is 0 Å². The van der Waals surface area contributed by atoms with Crippen LogP contribution in [-0.2, 0) is 77.7 Å². The van der Waals surface area contributed by atoms with Crippen LogP contribution in [0.25, 0.3) is 0 Å². The average molecular weight is 278 g/mol. The molecule has 0 saturated heterocycles. The van der Waals surface area contributed by atoms with E-state index in [-0.39, 0.29) is 77.7 Å². The molecule has 0 aliphatic carbocycles. The van der Waals surface area contributed by atoms with Crippen molar-refractivity contribution in [2.45, 2.75) is 0 Å². The maximum absolute atomic E-state index is 0. The largest absolute Gasteiger partial charge is 0 e. The maximum Gasteiger partial charge on any atom is 0 e. The number of hydrogen-bond donors (Lipinski definition) is 0. The first kappa shape index (κ1) is 31.8. The Morgan fingerprint density at radius 3 is 1.00 bits per heavy atom. The van der Waals surface area contributed by atoms with Gasteiger partial charge in [0.2, 0.25) is 0 Å². The summed E-state index contributed by atoms with van der Waals surface area (Å²) in [5, 5.41) is 0. The first-order valence-corrected chi connectivity index (χ1v) is 0. The van der Waals surface area contributed by atoms with Gasteiger partial charge in [0.25, 0.3) is 0 Å². The molecule has 0 aromatic carbocycles. The van der Waals surface area contributed by atoms with Crippen LogP contribution in [0.2, 0.25) is 0 Å². The molecule has 4 heavy (non-hydrogen) atoms. The van der Waals surface area contributed by atoms with Crippen LogP contribution in [0.3, 0.4) is 0 Å². The molecule has 0 heterocycles. The SMILES string of the molecule is [Ag].[Cu].[Ni].[Ti]. The predicted octanol–water partition coefficient (Wildman–Crippen LogP) is -0.0100. The Hall–Kier alpha value is 2.47. The van der Waals surface area contributed by atoms with Crippen molar-refractivity contribution in [2.75, 3.05) is 0 Å². The van der Waals surface area contributed by atoms with Crippen LogP contribution >= 0.6 is 0 Å². The van der Waals surface area contributed by atoms with Gasteiger partial charge in [-0.25, -0.2) is 0 Å². The first-order valence-electron chi connectivity index (χ1n) is 0. The Labute approximate surface area is 76.7 Å². The van der Waals surface area contributed by atoms with E-state index in [1.165, 1.54) is 0 Å². The van der Waals surface area contributed by atoms with Crippen LogP contribution < -0.4 is 0 Å². The molecular formula is AgCuNiTi. The Bertz CT molecular complexity index is 8.00. The molecule has 0 N–H and O–H groups in total. The monoisotopic (exact) mass is 276 g/mol. The average Bonchev–Trinajstić information content (AvgIpc) is 0. The van der Waals surface area contributed by atoms with E-state index in [0.717, 1.165) is 0 Å². The van der Waals surface area contributed by atoms with Crippen LogP contribution in [0, 0.1) is 0 Å². The van der Waals surface area contributed by atoms with Gasteiger partial charge < -0.3 is 0 Å². The van der Waals surface area contributed by atoms with Gasteiger partial charge in [-0.2, -0.15) is 0 Å². The van der Waals surface area contributed by atoms with Crippen molar-refractivity contribution in [3.63, 3.8) is 0 Å². The Morgan fingerprint density at radius 1 is 1.00 bits per heavy atom. The molecule has 4 heteroatoms. The third-order valence-corrected chi connectivity index (χ3v) is 0. The molecule has 0 spiro atoms. The molecule has 0 rings (SSSR count). The Morgan fingerprint density at radius 2 is 1.00 bits per heavy atom. The molecule has 0 atom stereocenters. The van der Waals surface area contributed by atoms with Crippen molar-refractivity contribution >= 4 is 0 Å². The molecule has 0 fully saturated rings. The van der Waals surface area contributed by atoms with Gasteiger partial charge in [0.15, 0.2) is 0 Å². The van der Waals surface area contributed by atoms with Crippen LogP contribution in [-0.4, -0.2) is 0 Å². The topological polar surface area (TPSA) is 0 Å². The summed E-state index contributed by atoms with van der Waals surface area (Å²) in [5.41, 5.74) is 0. The molecule has 0 amide bonds. The molecule has 0 saturated carbocycles. The van der Waals surface area contributed by atoms with E-state index >= 15 is 0 Å². The number of hydrogen-bond acceptors (Lipinski definition) is 0. The molecule has 0 bridgehead atoms. The zero-order valence-electron chi connectivity index (χ0n) is 1.42. The minimum absolute atomic E-state index is 0. The van der Waals surface area contributed by atoms with Gasteiger partial charge in [0, 0.05) is 77.7 Å². The third kappa shape index (κ3) is 8.82. The minimum atomic E-state index is 0. The van der Waals surface area contributed by atoms with E-state index in [1.807, 2.05) is 0 Å². The Balaban J connectivity index is 0. The molecule has 36 valence electrons.